The molecule has 0 saturated heterocycles. The lowest BCUT2D eigenvalue weighted by atomic mass is 9.59. The minimum Gasteiger partial charge on any atom is -0.385 e. The van der Waals surface area contributed by atoms with Crippen LogP contribution in [-0.4, -0.2) is 6.04 Å². The van der Waals surface area contributed by atoms with Crippen molar-refractivity contribution in [1.82, 2.24) is 5.32 Å². The zero-order valence-electron chi connectivity index (χ0n) is 15.3. The van der Waals surface area contributed by atoms with E-state index >= 15 is 0 Å². The van der Waals surface area contributed by atoms with E-state index in [-0.39, 0.29) is 0 Å². The lowest BCUT2D eigenvalue weighted by Crippen LogP contribution is -2.36. The zero-order chi connectivity index (χ0) is 15.8. The average molecular weight is 290 g/mol. The Labute approximate surface area is 132 Å². The molecule has 1 aliphatic carbocycles. The van der Waals surface area contributed by atoms with Gasteiger partial charge in [0.1, 0.15) is 0 Å². The molecule has 0 amide bonds. The van der Waals surface area contributed by atoms with Gasteiger partial charge in [0.05, 0.1) is 0 Å². The Morgan fingerprint density at radius 2 is 2.00 bits per heavy atom. The smallest absolute Gasteiger partial charge is 0.0356 e. The van der Waals surface area contributed by atoms with E-state index in [4.69, 9.17) is 0 Å². The summed E-state index contributed by atoms with van der Waals surface area (Å²) in [5.41, 5.74) is 5.65. The topological polar surface area (TPSA) is 12.0 Å². The van der Waals surface area contributed by atoms with Crippen LogP contribution in [0.3, 0.4) is 0 Å². The third-order valence-electron chi connectivity index (χ3n) is 6.36. The fraction of sp³-hybridized carbons (Fsp3) is 0.800. The van der Waals surface area contributed by atoms with Crippen LogP contribution in [0.5, 0.6) is 0 Å². The first-order chi connectivity index (χ1) is 9.71. The average Bonchev–Trinajstić information content (AvgIpc) is 2.75. The Kier molecular flexibility index (Phi) is 4.61. The molecule has 0 saturated carbocycles. The highest BCUT2D eigenvalue weighted by molar-refractivity contribution is 5.33. The maximum Gasteiger partial charge on any atom is 0.0356 e. The lowest BCUT2D eigenvalue weighted by Gasteiger charge is -2.45. The van der Waals surface area contributed by atoms with Gasteiger partial charge in [-0.25, -0.2) is 0 Å². The molecule has 1 aliphatic heterocycles. The van der Waals surface area contributed by atoms with Gasteiger partial charge in [0.15, 0.2) is 0 Å². The van der Waals surface area contributed by atoms with Crippen LogP contribution in [0.25, 0.3) is 0 Å². The fourth-order valence-electron chi connectivity index (χ4n) is 3.85. The van der Waals surface area contributed by atoms with Gasteiger partial charge in [0.25, 0.3) is 0 Å². The van der Waals surface area contributed by atoms with Gasteiger partial charge in [-0.2, -0.15) is 0 Å². The Balaban J connectivity index is 2.32. The van der Waals surface area contributed by atoms with Gasteiger partial charge in [-0.1, -0.05) is 53.2 Å². The van der Waals surface area contributed by atoms with Crippen molar-refractivity contribution in [1.29, 1.82) is 0 Å². The van der Waals surface area contributed by atoms with E-state index in [2.05, 4.69) is 59.9 Å². The summed E-state index contributed by atoms with van der Waals surface area (Å²) < 4.78 is 0. The minimum absolute atomic E-state index is 0.379. The van der Waals surface area contributed by atoms with Crippen LogP contribution in [0.2, 0.25) is 0 Å². The van der Waals surface area contributed by atoms with Crippen LogP contribution in [0.1, 0.15) is 80.6 Å². The van der Waals surface area contributed by atoms with Crippen LogP contribution >= 0.6 is 0 Å². The molecule has 0 aromatic rings. The third-order valence-corrected chi connectivity index (χ3v) is 6.36. The molecular formula is C20H35N. The zero-order valence-corrected chi connectivity index (χ0v) is 15.3. The number of hydrogen-bond acceptors (Lipinski definition) is 1. The summed E-state index contributed by atoms with van der Waals surface area (Å²) in [7, 11) is 0. The van der Waals surface area contributed by atoms with Gasteiger partial charge in [0.2, 0.25) is 0 Å². The molecule has 21 heavy (non-hydrogen) atoms. The van der Waals surface area contributed by atoms with Crippen molar-refractivity contribution in [3.8, 4) is 0 Å². The van der Waals surface area contributed by atoms with Crippen LogP contribution in [0.15, 0.2) is 22.9 Å². The van der Waals surface area contributed by atoms with Crippen molar-refractivity contribution in [2.24, 2.45) is 16.7 Å². The second-order valence-electron chi connectivity index (χ2n) is 8.54. The van der Waals surface area contributed by atoms with E-state index in [0.29, 0.717) is 22.8 Å². The second-order valence-corrected chi connectivity index (χ2v) is 8.54. The molecule has 0 radical (unpaired) electrons. The van der Waals surface area contributed by atoms with E-state index in [0.717, 1.165) is 0 Å². The third kappa shape index (κ3) is 3.07. The summed E-state index contributed by atoms with van der Waals surface area (Å²) >= 11 is 0. The summed E-state index contributed by atoms with van der Waals surface area (Å²) in [6, 6.07) is 0.624. The van der Waals surface area contributed by atoms with E-state index < -0.39 is 0 Å². The summed E-state index contributed by atoms with van der Waals surface area (Å²) in [5.74, 6) is 0.631. The van der Waals surface area contributed by atoms with Crippen LogP contribution in [0.4, 0.5) is 0 Å². The number of allylic oxidation sites excluding steroid dienone is 2. The molecule has 2 rings (SSSR count). The van der Waals surface area contributed by atoms with Gasteiger partial charge >= 0.3 is 0 Å². The summed E-state index contributed by atoms with van der Waals surface area (Å²) in [6.45, 7) is 16.6. The van der Waals surface area contributed by atoms with Crippen LogP contribution in [0, 0.1) is 16.7 Å². The first-order valence-corrected chi connectivity index (χ1v) is 8.87. The first kappa shape index (κ1) is 16.6. The van der Waals surface area contributed by atoms with E-state index in [9.17, 15) is 0 Å². The van der Waals surface area contributed by atoms with Gasteiger partial charge in [0, 0.05) is 17.7 Å². The minimum atomic E-state index is 0.379. The monoisotopic (exact) mass is 289 g/mol. The van der Waals surface area contributed by atoms with Crippen molar-refractivity contribution >= 4 is 0 Å². The summed E-state index contributed by atoms with van der Waals surface area (Å²) in [5, 5.41) is 3.85. The molecule has 1 heteroatoms. The number of rotatable bonds is 3. The summed E-state index contributed by atoms with van der Waals surface area (Å²) in [6.07, 6.45) is 8.78. The molecule has 2 aliphatic rings. The largest absolute Gasteiger partial charge is 0.385 e. The predicted molar refractivity (Wildman–Crippen MR) is 93.2 cm³/mol. The van der Waals surface area contributed by atoms with Crippen molar-refractivity contribution < 1.29 is 0 Å². The SMILES string of the molecule is CC/C(C)=C/C1C2=C(CCC(C)(C(C)(C)C)C2)NC1CC. The standard InChI is InChI=1S/C20H35N/c1-8-14(3)12-15-16-13-20(7,19(4,5)6)11-10-18(16)21-17(15)9-2/h12,15,17,21H,8-11,13H2,1-7H3/b14-12+. The van der Waals surface area contributed by atoms with Crippen molar-refractivity contribution in [2.75, 3.05) is 0 Å². The molecule has 0 spiro atoms. The maximum atomic E-state index is 3.85. The fourth-order valence-corrected chi connectivity index (χ4v) is 3.85. The summed E-state index contributed by atoms with van der Waals surface area (Å²) in [4.78, 5) is 0. The molecular weight excluding hydrogens is 254 g/mol. The molecule has 1 nitrogen and oxygen atoms in total. The number of nitrogens with one attached hydrogen (secondary N) is 1. The quantitative estimate of drug-likeness (QED) is 0.644. The predicted octanol–water partition coefficient (Wildman–Crippen LogP) is 5.83. The molecule has 120 valence electrons. The normalized spacial score (nSPS) is 34.0. The second kappa shape index (κ2) is 5.82. The van der Waals surface area contributed by atoms with Gasteiger partial charge in [-0.3, -0.25) is 0 Å². The Bertz CT molecular complexity index is 449. The van der Waals surface area contributed by atoms with Crippen molar-refractivity contribution in [3.05, 3.63) is 22.9 Å². The van der Waals surface area contributed by atoms with E-state index in [1.165, 1.54) is 37.7 Å². The van der Waals surface area contributed by atoms with E-state index in [1.54, 1.807) is 11.3 Å². The Hall–Kier alpha value is -0.720. The molecule has 0 bridgehead atoms. The highest BCUT2D eigenvalue weighted by atomic mass is 15.0. The first-order valence-electron chi connectivity index (χ1n) is 8.87. The molecule has 1 N–H and O–H groups in total. The molecule has 0 aromatic heterocycles. The lowest BCUT2D eigenvalue weighted by molar-refractivity contribution is 0.0877. The van der Waals surface area contributed by atoms with Crippen molar-refractivity contribution in [3.63, 3.8) is 0 Å². The molecule has 3 unspecified atom stereocenters. The highest BCUT2D eigenvalue weighted by Crippen LogP contribution is 2.53. The number of hydrogen-bond donors (Lipinski definition) is 1. The maximum absolute atomic E-state index is 3.85. The van der Waals surface area contributed by atoms with E-state index in [1.807, 2.05) is 0 Å². The molecule has 0 aromatic carbocycles. The van der Waals surface area contributed by atoms with Crippen LogP contribution in [-0.2, 0) is 0 Å². The molecule has 3 atom stereocenters. The Morgan fingerprint density at radius 1 is 1.33 bits per heavy atom. The van der Waals surface area contributed by atoms with Gasteiger partial charge < -0.3 is 5.32 Å². The van der Waals surface area contributed by atoms with Gasteiger partial charge in [-0.05, 0) is 55.4 Å². The van der Waals surface area contributed by atoms with Gasteiger partial charge in [-0.15, -0.1) is 0 Å². The Morgan fingerprint density at radius 3 is 2.52 bits per heavy atom. The highest BCUT2D eigenvalue weighted by Gasteiger charge is 2.45. The van der Waals surface area contributed by atoms with Crippen LogP contribution < -0.4 is 5.32 Å². The molecule has 1 heterocycles. The van der Waals surface area contributed by atoms with Crippen molar-refractivity contribution in [2.45, 2.75) is 86.6 Å². The molecule has 0 fully saturated rings.